The van der Waals surface area contributed by atoms with Crippen LogP contribution in [-0.2, 0) is 6.54 Å². The van der Waals surface area contributed by atoms with E-state index in [1.807, 2.05) is 13.8 Å². The summed E-state index contributed by atoms with van der Waals surface area (Å²) in [5, 5.41) is 22.1. The molecule has 1 aromatic heterocycles. The van der Waals surface area contributed by atoms with E-state index in [4.69, 9.17) is 0 Å². The van der Waals surface area contributed by atoms with Gasteiger partial charge in [-0.1, -0.05) is 31.2 Å². The minimum Gasteiger partial charge on any atom is -0.309 e. The second kappa shape index (κ2) is 5.57. The van der Waals surface area contributed by atoms with Crippen molar-refractivity contribution in [2.75, 3.05) is 0 Å². The monoisotopic (exact) mass is 261 g/mol. The van der Waals surface area contributed by atoms with E-state index in [0.29, 0.717) is 18.3 Å². The van der Waals surface area contributed by atoms with E-state index in [1.54, 1.807) is 24.4 Å². The quantitative estimate of drug-likeness (QED) is 0.653. The Bertz CT molecular complexity index is 579. The Hall–Kier alpha value is -2.28. The standard InChI is InChI=1S/C12H15N5O2/c1-9(2)13-7-10-8-16(15-14-10)11-5-3-4-6-12(11)17(18)19/h3-6,8-9,13H,7H2,1-2H3. The molecule has 7 heteroatoms. The molecule has 0 unspecified atom stereocenters. The van der Waals surface area contributed by atoms with Crippen molar-refractivity contribution in [3.8, 4) is 5.69 Å². The van der Waals surface area contributed by atoms with Crippen LogP contribution >= 0.6 is 0 Å². The fourth-order valence-electron chi connectivity index (χ4n) is 1.62. The fourth-order valence-corrected chi connectivity index (χ4v) is 1.62. The maximum atomic E-state index is 10.9. The lowest BCUT2D eigenvalue weighted by Crippen LogP contribution is -2.21. The van der Waals surface area contributed by atoms with Crippen molar-refractivity contribution in [3.05, 3.63) is 46.3 Å². The summed E-state index contributed by atoms with van der Waals surface area (Å²) >= 11 is 0. The number of nitrogens with one attached hydrogen (secondary N) is 1. The lowest BCUT2D eigenvalue weighted by Gasteiger charge is -2.04. The third-order valence-corrected chi connectivity index (χ3v) is 2.56. The van der Waals surface area contributed by atoms with Crippen LogP contribution in [0.2, 0.25) is 0 Å². The van der Waals surface area contributed by atoms with Gasteiger partial charge in [0.15, 0.2) is 0 Å². The topological polar surface area (TPSA) is 85.9 Å². The third-order valence-electron chi connectivity index (χ3n) is 2.56. The van der Waals surface area contributed by atoms with Gasteiger partial charge in [0, 0.05) is 18.7 Å². The fraction of sp³-hybridized carbons (Fsp3) is 0.333. The van der Waals surface area contributed by atoms with E-state index in [1.165, 1.54) is 10.7 Å². The SMILES string of the molecule is CC(C)NCc1cn(-c2ccccc2[N+](=O)[O-])nn1. The molecule has 0 saturated carbocycles. The Labute approximate surface area is 110 Å². The summed E-state index contributed by atoms with van der Waals surface area (Å²) in [5.74, 6) is 0. The molecule has 2 aromatic rings. The molecule has 0 saturated heterocycles. The van der Waals surface area contributed by atoms with Gasteiger partial charge in [0.05, 0.1) is 16.8 Å². The smallest absolute Gasteiger partial charge is 0.294 e. The van der Waals surface area contributed by atoms with Gasteiger partial charge in [-0.15, -0.1) is 5.10 Å². The number of benzene rings is 1. The average molecular weight is 261 g/mol. The van der Waals surface area contributed by atoms with Crippen LogP contribution in [0.1, 0.15) is 19.5 Å². The van der Waals surface area contributed by atoms with E-state index in [9.17, 15) is 10.1 Å². The van der Waals surface area contributed by atoms with Crippen LogP contribution in [0.3, 0.4) is 0 Å². The van der Waals surface area contributed by atoms with E-state index >= 15 is 0 Å². The maximum absolute atomic E-state index is 10.9. The number of para-hydroxylation sites is 2. The zero-order valence-electron chi connectivity index (χ0n) is 10.8. The Morgan fingerprint density at radius 3 is 2.84 bits per heavy atom. The van der Waals surface area contributed by atoms with Gasteiger partial charge in [-0.3, -0.25) is 10.1 Å². The van der Waals surface area contributed by atoms with Crippen molar-refractivity contribution in [2.45, 2.75) is 26.4 Å². The second-order valence-electron chi connectivity index (χ2n) is 4.44. The van der Waals surface area contributed by atoms with Crippen molar-refractivity contribution in [2.24, 2.45) is 0 Å². The molecule has 0 aliphatic rings. The van der Waals surface area contributed by atoms with Crippen LogP contribution in [0.4, 0.5) is 5.69 Å². The number of nitro groups is 1. The molecule has 19 heavy (non-hydrogen) atoms. The summed E-state index contributed by atoms with van der Waals surface area (Å²) in [5.41, 5.74) is 1.17. The van der Waals surface area contributed by atoms with Crippen LogP contribution < -0.4 is 5.32 Å². The Morgan fingerprint density at radius 1 is 1.42 bits per heavy atom. The number of aromatic nitrogens is 3. The molecular formula is C12H15N5O2. The van der Waals surface area contributed by atoms with Gasteiger partial charge in [0.25, 0.3) is 5.69 Å². The Kier molecular flexibility index (Phi) is 3.86. The molecule has 100 valence electrons. The van der Waals surface area contributed by atoms with Crippen LogP contribution in [-0.4, -0.2) is 26.0 Å². The molecule has 1 N–H and O–H groups in total. The largest absolute Gasteiger partial charge is 0.309 e. The van der Waals surface area contributed by atoms with Gasteiger partial charge < -0.3 is 5.32 Å². The van der Waals surface area contributed by atoms with Crippen molar-refractivity contribution >= 4 is 5.69 Å². The van der Waals surface area contributed by atoms with Gasteiger partial charge in [0.1, 0.15) is 5.69 Å². The Balaban J connectivity index is 2.25. The molecule has 0 bridgehead atoms. The van der Waals surface area contributed by atoms with Gasteiger partial charge in [0.2, 0.25) is 0 Å². The first-order valence-electron chi connectivity index (χ1n) is 5.96. The molecule has 1 heterocycles. The van der Waals surface area contributed by atoms with Crippen molar-refractivity contribution in [3.63, 3.8) is 0 Å². The van der Waals surface area contributed by atoms with Crippen molar-refractivity contribution in [1.82, 2.24) is 20.3 Å². The van der Waals surface area contributed by atoms with E-state index < -0.39 is 4.92 Å². The minimum absolute atomic E-state index is 0.00997. The molecule has 1 aromatic carbocycles. The number of nitro benzene ring substituents is 1. The van der Waals surface area contributed by atoms with E-state index in [-0.39, 0.29) is 5.69 Å². The molecule has 2 rings (SSSR count). The zero-order chi connectivity index (χ0) is 13.8. The highest BCUT2D eigenvalue weighted by Gasteiger charge is 2.15. The lowest BCUT2D eigenvalue weighted by atomic mass is 10.3. The number of hydrogen-bond donors (Lipinski definition) is 1. The minimum atomic E-state index is -0.428. The van der Waals surface area contributed by atoms with Crippen LogP contribution in [0.5, 0.6) is 0 Å². The summed E-state index contributed by atoms with van der Waals surface area (Å²) in [6.45, 7) is 4.65. The van der Waals surface area contributed by atoms with Crippen LogP contribution in [0.25, 0.3) is 5.69 Å². The molecule has 0 aliphatic carbocycles. The highest BCUT2D eigenvalue weighted by molar-refractivity contribution is 5.51. The molecule has 0 atom stereocenters. The van der Waals surface area contributed by atoms with Crippen LogP contribution in [0, 0.1) is 10.1 Å². The zero-order valence-corrected chi connectivity index (χ0v) is 10.8. The maximum Gasteiger partial charge on any atom is 0.294 e. The molecule has 0 fully saturated rings. The van der Waals surface area contributed by atoms with E-state index in [0.717, 1.165) is 5.69 Å². The highest BCUT2D eigenvalue weighted by atomic mass is 16.6. The van der Waals surface area contributed by atoms with E-state index in [2.05, 4.69) is 15.6 Å². The molecule has 0 radical (unpaired) electrons. The lowest BCUT2D eigenvalue weighted by molar-refractivity contribution is -0.384. The molecule has 7 nitrogen and oxygen atoms in total. The molecule has 0 spiro atoms. The first-order valence-corrected chi connectivity index (χ1v) is 5.96. The first kappa shape index (κ1) is 13.2. The van der Waals surface area contributed by atoms with Gasteiger partial charge in [-0.05, 0) is 6.07 Å². The Morgan fingerprint density at radius 2 is 2.16 bits per heavy atom. The normalized spacial score (nSPS) is 10.9. The molecular weight excluding hydrogens is 246 g/mol. The van der Waals surface area contributed by atoms with Crippen molar-refractivity contribution < 1.29 is 4.92 Å². The summed E-state index contributed by atoms with van der Waals surface area (Å²) < 4.78 is 1.43. The summed E-state index contributed by atoms with van der Waals surface area (Å²) in [4.78, 5) is 10.5. The number of hydrogen-bond acceptors (Lipinski definition) is 5. The summed E-state index contributed by atoms with van der Waals surface area (Å²) in [7, 11) is 0. The van der Waals surface area contributed by atoms with Gasteiger partial charge >= 0.3 is 0 Å². The first-order chi connectivity index (χ1) is 9.08. The summed E-state index contributed by atoms with van der Waals surface area (Å²) in [6, 6.07) is 6.79. The average Bonchev–Trinajstić information content (AvgIpc) is 2.85. The molecule has 0 aliphatic heterocycles. The second-order valence-corrected chi connectivity index (χ2v) is 4.44. The number of rotatable bonds is 5. The summed E-state index contributed by atoms with van der Waals surface area (Å²) in [6.07, 6.45) is 1.69. The van der Waals surface area contributed by atoms with Gasteiger partial charge in [-0.25, -0.2) is 4.68 Å². The van der Waals surface area contributed by atoms with Crippen molar-refractivity contribution in [1.29, 1.82) is 0 Å². The highest BCUT2D eigenvalue weighted by Crippen LogP contribution is 2.21. The van der Waals surface area contributed by atoms with Gasteiger partial charge in [-0.2, -0.15) is 0 Å². The number of nitrogens with zero attached hydrogens (tertiary/aromatic N) is 4. The van der Waals surface area contributed by atoms with Crippen LogP contribution in [0.15, 0.2) is 30.5 Å². The predicted octanol–water partition coefficient (Wildman–Crippen LogP) is 1.67. The predicted molar refractivity (Wildman–Crippen MR) is 70.0 cm³/mol. The third kappa shape index (κ3) is 3.14. The molecule has 0 amide bonds.